The number of hydrogen-bond acceptors (Lipinski definition) is 0. The predicted molar refractivity (Wildman–Crippen MR) is 82.2 cm³/mol. The van der Waals surface area contributed by atoms with E-state index in [9.17, 15) is 0 Å². The van der Waals surface area contributed by atoms with E-state index in [0.29, 0.717) is 10.8 Å². The summed E-state index contributed by atoms with van der Waals surface area (Å²) in [5.74, 6) is 1.90. The molecule has 0 radical (unpaired) electrons. The highest BCUT2D eigenvalue weighted by Gasteiger charge is 2.65. The SMILES string of the molecule is CCC(C)C(C1(C)CC1)[C@@]1(C)C[C@H]1S(C)(C)C. The van der Waals surface area contributed by atoms with E-state index in [1.54, 1.807) is 0 Å². The van der Waals surface area contributed by atoms with E-state index in [2.05, 4.69) is 46.5 Å². The summed E-state index contributed by atoms with van der Waals surface area (Å²) in [5, 5.41) is 1.03. The molecule has 4 atom stereocenters. The summed E-state index contributed by atoms with van der Waals surface area (Å²) in [6.45, 7) is 10.1. The molecule has 2 unspecified atom stereocenters. The molecule has 2 aliphatic rings. The van der Waals surface area contributed by atoms with E-state index in [1.807, 2.05) is 0 Å². The van der Waals surface area contributed by atoms with Crippen molar-refractivity contribution in [3.63, 3.8) is 0 Å². The van der Waals surface area contributed by atoms with Crippen molar-refractivity contribution < 1.29 is 0 Å². The van der Waals surface area contributed by atoms with Gasteiger partial charge in [-0.1, -0.05) is 34.1 Å². The first-order chi connectivity index (χ1) is 7.65. The van der Waals surface area contributed by atoms with Gasteiger partial charge in [0.15, 0.2) is 0 Å². The summed E-state index contributed by atoms with van der Waals surface area (Å²) in [6.07, 6.45) is 13.4. The molecule has 0 heterocycles. The molecule has 2 aliphatic carbocycles. The van der Waals surface area contributed by atoms with Crippen molar-refractivity contribution in [1.29, 1.82) is 0 Å². The Kier molecular flexibility index (Phi) is 3.18. The van der Waals surface area contributed by atoms with Crippen molar-refractivity contribution in [1.82, 2.24) is 0 Å². The molecule has 0 aromatic heterocycles. The number of rotatable bonds is 5. The summed E-state index contributed by atoms with van der Waals surface area (Å²) in [7, 11) is -0.357. The van der Waals surface area contributed by atoms with Gasteiger partial charge in [-0.25, -0.2) is 10.0 Å². The van der Waals surface area contributed by atoms with Crippen molar-refractivity contribution in [3.8, 4) is 0 Å². The van der Waals surface area contributed by atoms with Gasteiger partial charge < -0.3 is 0 Å². The molecule has 0 bridgehead atoms. The molecular formula is C16H32S. The summed E-state index contributed by atoms with van der Waals surface area (Å²) >= 11 is 0. The van der Waals surface area contributed by atoms with Gasteiger partial charge in [0.1, 0.15) is 0 Å². The fourth-order valence-electron chi connectivity index (χ4n) is 4.60. The zero-order chi connectivity index (χ0) is 13.1. The first-order valence-electron chi connectivity index (χ1n) is 7.32. The van der Waals surface area contributed by atoms with Gasteiger partial charge in [-0.05, 0) is 65.9 Å². The second-order valence-corrected chi connectivity index (χ2v) is 12.6. The Morgan fingerprint density at radius 2 is 1.71 bits per heavy atom. The highest BCUT2D eigenvalue weighted by Crippen LogP contribution is 2.74. The molecule has 1 heteroatoms. The van der Waals surface area contributed by atoms with Crippen LogP contribution in [0.3, 0.4) is 0 Å². The van der Waals surface area contributed by atoms with Crippen LogP contribution in [0, 0.1) is 22.7 Å². The van der Waals surface area contributed by atoms with Crippen LogP contribution in [-0.4, -0.2) is 24.0 Å². The highest BCUT2D eigenvalue weighted by molar-refractivity contribution is 8.32. The van der Waals surface area contributed by atoms with Crippen LogP contribution in [0.15, 0.2) is 0 Å². The molecule has 0 aromatic rings. The smallest absolute Gasteiger partial charge is 0.00562 e. The van der Waals surface area contributed by atoms with Gasteiger partial charge in [0.05, 0.1) is 0 Å². The average molecular weight is 256 g/mol. The summed E-state index contributed by atoms with van der Waals surface area (Å²) in [5.41, 5.74) is 1.37. The Morgan fingerprint density at radius 1 is 1.18 bits per heavy atom. The van der Waals surface area contributed by atoms with Crippen molar-refractivity contribution in [3.05, 3.63) is 0 Å². The lowest BCUT2D eigenvalue weighted by atomic mass is 9.70. The fourth-order valence-corrected chi connectivity index (χ4v) is 7.22. The van der Waals surface area contributed by atoms with E-state index in [0.717, 1.165) is 17.1 Å². The molecule has 0 N–H and O–H groups in total. The summed E-state index contributed by atoms with van der Waals surface area (Å²) in [4.78, 5) is 0. The molecule has 0 amide bonds. The van der Waals surface area contributed by atoms with Crippen molar-refractivity contribution >= 4 is 10.0 Å². The van der Waals surface area contributed by atoms with E-state index in [-0.39, 0.29) is 10.0 Å². The minimum absolute atomic E-state index is 0.357. The Hall–Kier alpha value is 0.350. The Labute approximate surface area is 110 Å². The molecule has 0 saturated heterocycles. The van der Waals surface area contributed by atoms with Gasteiger partial charge in [0, 0.05) is 0 Å². The zero-order valence-corrected chi connectivity index (χ0v) is 13.8. The topological polar surface area (TPSA) is 0 Å². The largest absolute Gasteiger partial charge is 0.246 e. The highest BCUT2D eigenvalue weighted by atomic mass is 32.3. The van der Waals surface area contributed by atoms with Crippen LogP contribution < -0.4 is 0 Å². The van der Waals surface area contributed by atoms with Crippen LogP contribution >= 0.6 is 10.0 Å². The first kappa shape index (κ1) is 13.8. The molecular weight excluding hydrogens is 224 g/mol. The van der Waals surface area contributed by atoms with Gasteiger partial charge in [-0.2, -0.15) is 0 Å². The monoisotopic (exact) mass is 256 g/mol. The van der Waals surface area contributed by atoms with Crippen LogP contribution in [0.4, 0.5) is 0 Å². The molecule has 2 fully saturated rings. The van der Waals surface area contributed by atoms with Crippen LogP contribution in [-0.2, 0) is 0 Å². The molecule has 0 aliphatic heterocycles. The average Bonchev–Trinajstić information content (AvgIpc) is 3.05. The normalized spacial score (nSPS) is 39.6. The Bertz CT molecular complexity index is 297. The molecule has 0 spiro atoms. The van der Waals surface area contributed by atoms with Crippen molar-refractivity contribution in [2.45, 2.75) is 58.6 Å². The van der Waals surface area contributed by atoms with Gasteiger partial charge in [0.2, 0.25) is 0 Å². The molecule has 2 rings (SSSR count). The minimum Gasteiger partial charge on any atom is -0.246 e. The van der Waals surface area contributed by atoms with Gasteiger partial charge >= 0.3 is 0 Å². The molecule has 102 valence electrons. The maximum atomic E-state index is 2.61. The molecule has 2 saturated carbocycles. The maximum Gasteiger partial charge on any atom is -0.00562 e. The van der Waals surface area contributed by atoms with Gasteiger partial charge in [-0.3, -0.25) is 0 Å². The second-order valence-electron chi connectivity index (χ2n) is 8.15. The van der Waals surface area contributed by atoms with Crippen LogP contribution in [0.1, 0.15) is 53.4 Å². The summed E-state index contributed by atoms with van der Waals surface area (Å²) < 4.78 is 0. The maximum absolute atomic E-state index is 2.61. The van der Waals surface area contributed by atoms with Crippen LogP contribution in [0.2, 0.25) is 0 Å². The standard InChI is InChI=1S/C16H32S/c1-8-12(2)14(15(3)9-10-15)16(4)11-13(16)17(5,6)7/h12-14H,8-11H2,1-7H3/t12?,13-,14?,16+/m1/s1. The second kappa shape index (κ2) is 3.92. The Morgan fingerprint density at radius 3 is 2.00 bits per heavy atom. The third-order valence-electron chi connectivity index (χ3n) is 5.77. The van der Waals surface area contributed by atoms with Gasteiger partial charge in [-0.15, -0.1) is 0 Å². The van der Waals surface area contributed by atoms with Crippen LogP contribution in [0.5, 0.6) is 0 Å². The van der Waals surface area contributed by atoms with Crippen molar-refractivity contribution in [2.75, 3.05) is 18.8 Å². The summed E-state index contributed by atoms with van der Waals surface area (Å²) in [6, 6.07) is 0. The van der Waals surface area contributed by atoms with Crippen LogP contribution in [0.25, 0.3) is 0 Å². The van der Waals surface area contributed by atoms with E-state index in [1.165, 1.54) is 25.7 Å². The lowest BCUT2D eigenvalue weighted by Crippen LogP contribution is -2.31. The molecule has 0 aromatic carbocycles. The van der Waals surface area contributed by atoms with E-state index < -0.39 is 0 Å². The van der Waals surface area contributed by atoms with Gasteiger partial charge in [0.25, 0.3) is 0 Å². The predicted octanol–water partition coefficient (Wildman–Crippen LogP) is 4.92. The molecule has 0 nitrogen and oxygen atoms in total. The van der Waals surface area contributed by atoms with Crippen molar-refractivity contribution in [2.24, 2.45) is 22.7 Å². The van der Waals surface area contributed by atoms with E-state index in [4.69, 9.17) is 0 Å². The quantitative estimate of drug-likeness (QED) is 0.655. The fraction of sp³-hybridized carbons (Fsp3) is 1.00. The lowest BCUT2D eigenvalue weighted by molar-refractivity contribution is 0.139. The lowest BCUT2D eigenvalue weighted by Gasteiger charge is -2.39. The van der Waals surface area contributed by atoms with E-state index >= 15 is 0 Å². The first-order valence-corrected chi connectivity index (χ1v) is 10.2. The number of hydrogen-bond donors (Lipinski definition) is 0. The Balaban J connectivity index is 2.19. The minimum atomic E-state index is -0.357. The third kappa shape index (κ3) is 2.29. The third-order valence-corrected chi connectivity index (χ3v) is 8.18. The molecule has 17 heavy (non-hydrogen) atoms. The zero-order valence-electron chi connectivity index (χ0n) is 13.0.